The molecule has 6 aliphatic rings. The number of cyclic esters (lactones) is 1. The molecule has 1 saturated heterocycles. The summed E-state index contributed by atoms with van der Waals surface area (Å²) in [4.78, 5) is 24.7. The maximum atomic E-state index is 12.9. The summed E-state index contributed by atoms with van der Waals surface area (Å²) in [7, 11) is 0. The van der Waals surface area contributed by atoms with E-state index in [9.17, 15) is 30.0 Å². The summed E-state index contributed by atoms with van der Waals surface area (Å²) < 4.78 is 17.0. The molecule has 4 saturated carbocycles. The molecule has 9 heteroatoms. The van der Waals surface area contributed by atoms with E-state index in [2.05, 4.69) is 6.92 Å². The predicted octanol–water partition coefficient (Wildman–Crippen LogP) is 1.64. The van der Waals surface area contributed by atoms with Gasteiger partial charge >= 0.3 is 5.97 Å². The van der Waals surface area contributed by atoms with Crippen LogP contribution in [0.1, 0.15) is 71.6 Å². The quantitative estimate of drug-likeness (QED) is 0.240. The smallest absolute Gasteiger partial charge is 0.331 e. The molecule has 2 aliphatic heterocycles. The van der Waals surface area contributed by atoms with Gasteiger partial charge in [-0.25, -0.2) is 4.79 Å². The van der Waals surface area contributed by atoms with Gasteiger partial charge in [0.05, 0.1) is 17.8 Å². The molecule has 38 heavy (non-hydrogen) atoms. The SMILES string of the molecule is C[C@@H]1O[C@@H](O[C@H]2CC[C@@]3(C=O)[C@@H](CC[C@@H]4[C@@H]3CC[C@]3(C)[C@@H](C5=CC(=O)OC5)CCC43O)C2)[C@H](O)[C@H](O)[C@H]1O. The average Bonchev–Trinajstić information content (AvgIpc) is 3.45. The van der Waals surface area contributed by atoms with Gasteiger partial charge in [0.15, 0.2) is 6.29 Å². The zero-order valence-corrected chi connectivity index (χ0v) is 22.3. The van der Waals surface area contributed by atoms with Gasteiger partial charge in [-0.1, -0.05) is 6.92 Å². The third kappa shape index (κ3) is 3.72. The van der Waals surface area contributed by atoms with Crippen LogP contribution in [-0.4, -0.2) is 81.7 Å². The fourth-order valence-electron chi connectivity index (χ4n) is 9.73. The van der Waals surface area contributed by atoms with Crippen molar-refractivity contribution in [2.75, 3.05) is 6.61 Å². The fraction of sp³-hybridized carbons (Fsp3) is 0.862. The van der Waals surface area contributed by atoms with Crippen LogP contribution in [0, 0.1) is 34.5 Å². The molecule has 0 spiro atoms. The molecule has 0 aromatic carbocycles. The van der Waals surface area contributed by atoms with E-state index >= 15 is 0 Å². The lowest BCUT2D eigenvalue weighted by Gasteiger charge is -2.63. The summed E-state index contributed by atoms with van der Waals surface area (Å²) in [6.07, 6.45) is 3.80. The number of aldehydes is 1. The Morgan fingerprint density at radius 1 is 1.00 bits per heavy atom. The van der Waals surface area contributed by atoms with E-state index in [1.807, 2.05) is 0 Å². The Bertz CT molecular complexity index is 999. The minimum Gasteiger partial charge on any atom is -0.458 e. The number of carbonyl (C=O) groups excluding carboxylic acids is 2. The molecule has 13 atom stereocenters. The maximum Gasteiger partial charge on any atom is 0.331 e. The van der Waals surface area contributed by atoms with Crippen molar-refractivity contribution in [3.05, 3.63) is 11.6 Å². The lowest BCUT2D eigenvalue weighted by molar-refractivity contribution is -0.309. The third-order valence-corrected chi connectivity index (χ3v) is 11.9. The van der Waals surface area contributed by atoms with Gasteiger partial charge in [-0.3, -0.25) is 0 Å². The summed E-state index contributed by atoms with van der Waals surface area (Å²) in [5.74, 6) is 0.0678. The van der Waals surface area contributed by atoms with Crippen LogP contribution in [0.5, 0.6) is 0 Å². The van der Waals surface area contributed by atoms with Crippen LogP contribution in [0.15, 0.2) is 11.6 Å². The van der Waals surface area contributed by atoms with Crippen molar-refractivity contribution in [1.82, 2.24) is 0 Å². The summed E-state index contributed by atoms with van der Waals surface area (Å²) in [5, 5.41) is 42.9. The molecular formula is C29H42O9. The van der Waals surface area contributed by atoms with Crippen molar-refractivity contribution < 1.29 is 44.2 Å². The summed E-state index contributed by atoms with van der Waals surface area (Å²) in [6.45, 7) is 4.13. The van der Waals surface area contributed by atoms with Crippen LogP contribution in [0.2, 0.25) is 0 Å². The highest BCUT2D eigenvalue weighted by molar-refractivity contribution is 5.85. The standard InChI is InChI=1S/C29H42O9/c1-15-23(32)24(33)25(34)26(37-15)38-18-5-9-28(14-30)17(12-18)3-4-21-20(28)6-8-27(2)19(7-10-29(21,27)35)16-11-22(31)36-13-16/h11,14-15,17-21,23-26,32-35H,3-10,12-13H2,1-2H3/t15-,17-,18-,19+,20-,21+,23-,24+,25+,26-,27+,28+,29?/m0/s1. The molecule has 0 aromatic rings. The molecule has 0 amide bonds. The Hall–Kier alpha value is -1.36. The number of aliphatic hydroxyl groups excluding tert-OH is 3. The number of hydrogen-bond acceptors (Lipinski definition) is 9. The van der Waals surface area contributed by atoms with Crippen molar-refractivity contribution in [2.45, 2.75) is 114 Å². The van der Waals surface area contributed by atoms with Gasteiger partial charge in [0.25, 0.3) is 0 Å². The van der Waals surface area contributed by atoms with Crippen LogP contribution < -0.4 is 0 Å². The molecule has 0 radical (unpaired) electrons. The van der Waals surface area contributed by atoms with Gasteiger partial charge in [0.1, 0.15) is 31.2 Å². The predicted molar refractivity (Wildman–Crippen MR) is 133 cm³/mol. The highest BCUT2D eigenvalue weighted by Crippen LogP contribution is 2.69. The molecule has 212 valence electrons. The number of rotatable bonds is 4. The molecule has 1 unspecified atom stereocenters. The van der Waals surface area contributed by atoms with Crippen molar-refractivity contribution in [2.24, 2.45) is 34.5 Å². The summed E-state index contributed by atoms with van der Waals surface area (Å²) in [6, 6.07) is 0. The van der Waals surface area contributed by atoms with Gasteiger partial charge in [-0.05, 0) is 94.0 Å². The molecule has 0 bridgehead atoms. The first-order chi connectivity index (χ1) is 18.0. The lowest BCUT2D eigenvalue weighted by atomic mass is 9.43. The van der Waals surface area contributed by atoms with E-state index < -0.39 is 41.7 Å². The van der Waals surface area contributed by atoms with E-state index in [-0.39, 0.29) is 41.2 Å². The molecule has 4 aliphatic carbocycles. The third-order valence-electron chi connectivity index (χ3n) is 11.9. The Morgan fingerprint density at radius 3 is 2.50 bits per heavy atom. The second kappa shape index (κ2) is 9.35. The van der Waals surface area contributed by atoms with Gasteiger partial charge in [-0.15, -0.1) is 0 Å². The lowest BCUT2D eigenvalue weighted by Crippen LogP contribution is -2.63. The first kappa shape index (κ1) is 26.8. The van der Waals surface area contributed by atoms with Gasteiger partial charge in [-0.2, -0.15) is 0 Å². The van der Waals surface area contributed by atoms with Crippen LogP contribution in [-0.2, 0) is 23.8 Å². The number of carbonyl (C=O) groups is 2. The zero-order chi connectivity index (χ0) is 27.0. The average molecular weight is 535 g/mol. The fourth-order valence-corrected chi connectivity index (χ4v) is 9.73. The number of hydrogen-bond donors (Lipinski definition) is 4. The van der Waals surface area contributed by atoms with E-state index in [0.29, 0.717) is 32.3 Å². The topological polar surface area (TPSA) is 143 Å². The Morgan fingerprint density at radius 2 is 1.79 bits per heavy atom. The van der Waals surface area contributed by atoms with E-state index in [1.54, 1.807) is 13.0 Å². The van der Waals surface area contributed by atoms with Crippen LogP contribution in [0.4, 0.5) is 0 Å². The van der Waals surface area contributed by atoms with Gasteiger partial charge in [0, 0.05) is 16.9 Å². The molecule has 9 nitrogen and oxygen atoms in total. The van der Waals surface area contributed by atoms with Crippen LogP contribution >= 0.6 is 0 Å². The Kier molecular flexibility index (Phi) is 6.60. The van der Waals surface area contributed by atoms with Crippen molar-refractivity contribution in [3.63, 3.8) is 0 Å². The minimum absolute atomic E-state index is 0.0322. The molecular weight excluding hydrogens is 492 g/mol. The highest BCUT2D eigenvalue weighted by atomic mass is 16.7. The highest BCUT2D eigenvalue weighted by Gasteiger charge is 2.68. The second-order valence-corrected chi connectivity index (χ2v) is 13.2. The zero-order valence-electron chi connectivity index (χ0n) is 22.3. The molecule has 2 heterocycles. The second-order valence-electron chi connectivity index (χ2n) is 13.2. The maximum absolute atomic E-state index is 12.9. The van der Waals surface area contributed by atoms with Gasteiger partial charge in [0.2, 0.25) is 0 Å². The summed E-state index contributed by atoms with van der Waals surface area (Å²) in [5.41, 5.74) is -0.739. The first-order valence-electron chi connectivity index (χ1n) is 14.4. The minimum atomic E-state index is -1.34. The largest absolute Gasteiger partial charge is 0.458 e. The van der Waals surface area contributed by atoms with Crippen molar-refractivity contribution in [3.8, 4) is 0 Å². The molecule has 5 fully saturated rings. The number of ether oxygens (including phenoxy) is 3. The summed E-state index contributed by atoms with van der Waals surface area (Å²) >= 11 is 0. The molecule has 0 aromatic heterocycles. The van der Waals surface area contributed by atoms with E-state index in [1.165, 1.54) is 6.29 Å². The van der Waals surface area contributed by atoms with E-state index in [0.717, 1.165) is 37.7 Å². The Labute approximate surface area is 223 Å². The Balaban J connectivity index is 1.19. The van der Waals surface area contributed by atoms with Crippen molar-refractivity contribution in [1.29, 1.82) is 0 Å². The monoisotopic (exact) mass is 534 g/mol. The molecule has 4 N–H and O–H groups in total. The molecule has 6 rings (SSSR count). The first-order valence-corrected chi connectivity index (χ1v) is 14.4. The number of aliphatic hydroxyl groups is 4. The van der Waals surface area contributed by atoms with Crippen molar-refractivity contribution >= 4 is 12.3 Å². The van der Waals surface area contributed by atoms with E-state index in [4.69, 9.17) is 14.2 Å². The van der Waals surface area contributed by atoms with Gasteiger partial charge < -0.3 is 39.4 Å². The van der Waals surface area contributed by atoms with Crippen LogP contribution in [0.25, 0.3) is 0 Å². The normalized spacial score (nSPS) is 54.4. The number of esters is 1. The number of fused-ring (bicyclic) bond motifs is 5. The van der Waals surface area contributed by atoms with Crippen LogP contribution in [0.3, 0.4) is 0 Å².